The van der Waals surface area contributed by atoms with Gasteiger partial charge in [-0.1, -0.05) is 0 Å². The lowest BCUT2D eigenvalue weighted by molar-refractivity contribution is -0.137. The topological polar surface area (TPSA) is 108 Å². The fourth-order valence-electron chi connectivity index (χ4n) is 1.28. The molecule has 0 aromatic carbocycles. The standard InChI is InChI=1S/C10H16N4O4/c1-13(3-2-4-15)10(18)12-8-5-11-14(6-8)7-9(16)17/h5-6,15H,2-4,7H2,1H3,(H,12,18)(H,16,17). The quantitative estimate of drug-likeness (QED) is 0.654. The molecule has 1 aromatic heterocycles. The normalized spacial score (nSPS) is 10.1. The number of hydrogen-bond donors (Lipinski definition) is 3. The second kappa shape index (κ2) is 6.60. The molecule has 18 heavy (non-hydrogen) atoms. The molecule has 0 saturated heterocycles. The Bertz CT molecular complexity index is 418. The van der Waals surface area contributed by atoms with Crippen molar-refractivity contribution in [1.82, 2.24) is 14.7 Å². The van der Waals surface area contributed by atoms with Crippen molar-refractivity contribution < 1.29 is 19.8 Å². The first-order chi connectivity index (χ1) is 8.52. The van der Waals surface area contributed by atoms with E-state index >= 15 is 0 Å². The van der Waals surface area contributed by atoms with Gasteiger partial charge in [0, 0.05) is 26.4 Å². The number of aromatic nitrogens is 2. The number of aliphatic hydroxyl groups excluding tert-OH is 1. The van der Waals surface area contributed by atoms with E-state index in [1.54, 1.807) is 7.05 Å². The molecule has 1 aromatic rings. The first-order valence-electron chi connectivity index (χ1n) is 5.40. The summed E-state index contributed by atoms with van der Waals surface area (Å²) >= 11 is 0. The Morgan fingerprint density at radius 1 is 1.56 bits per heavy atom. The second-order valence-electron chi connectivity index (χ2n) is 3.75. The van der Waals surface area contributed by atoms with E-state index in [0.29, 0.717) is 18.7 Å². The minimum absolute atomic E-state index is 0.0220. The lowest BCUT2D eigenvalue weighted by Crippen LogP contribution is -2.32. The summed E-state index contributed by atoms with van der Waals surface area (Å²) in [5.41, 5.74) is 0.428. The van der Waals surface area contributed by atoms with Crippen LogP contribution in [0.4, 0.5) is 10.5 Å². The molecule has 0 unspecified atom stereocenters. The molecule has 8 heteroatoms. The van der Waals surface area contributed by atoms with Gasteiger partial charge in [-0.3, -0.25) is 9.48 Å². The fraction of sp³-hybridized carbons (Fsp3) is 0.500. The molecule has 0 bridgehead atoms. The van der Waals surface area contributed by atoms with E-state index in [-0.39, 0.29) is 19.2 Å². The molecule has 0 aliphatic rings. The van der Waals surface area contributed by atoms with Crippen molar-refractivity contribution in [3.63, 3.8) is 0 Å². The van der Waals surface area contributed by atoms with Gasteiger partial charge in [0.25, 0.3) is 0 Å². The van der Waals surface area contributed by atoms with E-state index in [2.05, 4.69) is 10.4 Å². The number of carbonyl (C=O) groups is 2. The Morgan fingerprint density at radius 2 is 2.28 bits per heavy atom. The highest BCUT2D eigenvalue weighted by Crippen LogP contribution is 2.06. The molecule has 0 radical (unpaired) electrons. The monoisotopic (exact) mass is 256 g/mol. The minimum atomic E-state index is -1.00. The van der Waals surface area contributed by atoms with E-state index in [1.165, 1.54) is 22.0 Å². The Morgan fingerprint density at radius 3 is 2.89 bits per heavy atom. The number of aliphatic carboxylic acids is 1. The molecule has 100 valence electrons. The van der Waals surface area contributed by atoms with Gasteiger partial charge in [-0.2, -0.15) is 5.10 Å². The predicted octanol–water partition coefficient (Wildman–Crippen LogP) is -0.186. The van der Waals surface area contributed by atoms with Gasteiger partial charge in [0.1, 0.15) is 6.54 Å². The molecule has 1 rings (SSSR count). The number of urea groups is 1. The number of hydrogen-bond acceptors (Lipinski definition) is 4. The van der Waals surface area contributed by atoms with Crippen molar-refractivity contribution in [2.75, 3.05) is 25.5 Å². The molecule has 0 spiro atoms. The van der Waals surface area contributed by atoms with Crippen molar-refractivity contribution in [2.45, 2.75) is 13.0 Å². The molecule has 0 atom stereocenters. The third-order valence-corrected chi connectivity index (χ3v) is 2.18. The molecule has 0 aliphatic carbocycles. The first kappa shape index (κ1) is 14.0. The van der Waals surface area contributed by atoms with Crippen molar-refractivity contribution in [3.8, 4) is 0 Å². The van der Waals surface area contributed by atoms with Crippen LogP contribution in [-0.2, 0) is 11.3 Å². The van der Waals surface area contributed by atoms with Crippen LogP contribution in [0.5, 0.6) is 0 Å². The van der Waals surface area contributed by atoms with Gasteiger partial charge >= 0.3 is 12.0 Å². The van der Waals surface area contributed by atoms with Gasteiger partial charge in [0.05, 0.1) is 11.9 Å². The number of carboxylic acid groups (broad SMARTS) is 1. The van der Waals surface area contributed by atoms with Crippen LogP contribution in [0.2, 0.25) is 0 Å². The smallest absolute Gasteiger partial charge is 0.325 e. The number of carboxylic acids is 1. The molecule has 0 fully saturated rings. The largest absolute Gasteiger partial charge is 0.480 e. The summed E-state index contributed by atoms with van der Waals surface area (Å²) < 4.78 is 1.21. The zero-order chi connectivity index (χ0) is 13.5. The first-order valence-corrected chi connectivity index (χ1v) is 5.40. The van der Waals surface area contributed by atoms with E-state index in [9.17, 15) is 9.59 Å². The molecular weight excluding hydrogens is 240 g/mol. The SMILES string of the molecule is CN(CCCO)C(=O)Nc1cnn(CC(=O)O)c1. The summed E-state index contributed by atoms with van der Waals surface area (Å²) in [6.45, 7) is 0.204. The molecular formula is C10H16N4O4. The van der Waals surface area contributed by atoms with Crippen LogP contribution in [0, 0.1) is 0 Å². The maximum atomic E-state index is 11.6. The highest BCUT2D eigenvalue weighted by Gasteiger charge is 2.10. The van der Waals surface area contributed by atoms with Crippen molar-refractivity contribution in [1.29, 1.82) is 0 Å². The minimum Gasteiger partial charge on any atom is -0.480 e. The van der Waals surface area contributed by atoms with Gasteiger partial charge in [-0.15, -0.1) is 0 Å². The van der Waals surface area contributed by atoms with E-state index < -0.39 is 5.97 Å². The van der Waals surface area contributed by atoms with Crippen LogP contribution >= 0.6 is 0 Å². The van der Waals surface area contributed by atoms with E-state index in [1.807, 2.05) is 0 Å². The van der Waals surface area contributed by atoms with Gasteiger partial charge in [0.15, 0.2) is 0 Å². The molecule has 1 heterocycles. The molecule has 8 nitrogen and oxygen atoms in total. The highest BCUT2D eigenvalue weighted by atomic mass is 16.4. The van der Waals surface area contributed by atoms with Gasteiger partial charge in [-0.05, 0) is 6.42 Å². The van der Waals surface area contributed by atoms with Crippen molar-refractivity contribution in [3.05, 3.63) is 12.4 Å². The second-order valence-corrected chi connectivity index (χ2v) is 3.75. The molecule has 0 aliphatic heterocycles. The lowest BCUT2D eigenvalue weighted by Gasteiger charge is -2.16. The third kappa shape index (κ3) is 4.42. The molecule has 3 N–H and O–H groups in total. The van der Waals surface area contributed by atoms with Crippen molar-refractivity contribution >= 4 is 17.7 Å². The number of carbonyl (C=O) groups excluding carboxylic acids is 1. The van der Waals surface area contributed by atoms with Crippen molar-refractivity contribution in [2.24, 2.45) is 0 Å². The lowest BCUT2D eigenvalue weighted by atomic mass is 10.4. The Balaban J connectivity index is 2.48. The van der Waals surface area contributed by atoms with Crippen LogP contribution in [0.25, 0.3) is 0 Å². The number of rotatable bonds is 6. The highest BCUT2D eigenvalue weighted by molar-refractivity contribution is 5.88. The average Bonchev–Trinajstić information content (AvgIpc) is 2.72. The Labute approximate surface area is 104 Å². The van der Waals surface area contributed by atoms with Crippen LogP contribution in [-0.4, -0.2) is 57.1 Å². The molecule has 2 amide bonds. The number of nitrogens with zero attached hydrogens (tertiary/aromatic N) is 3. The van der Waals surface area contributed by atoms with Crippen LogP contribution in [0.3, 0.4) is 0 Å². The van der Waals surface area contributed by atoms with Crippen LogP contribution < -0.4 is 5.32 Å². The summed E-state index contributed by atoms with van der Waals surface area (Å²) in [5.74, 6) is -1.00. The van der Waals surface area contributed by atoms with Gasteiger partial charge < -0.3 is 20.4 Å². The van der Waals surface area contributed by atoms with Crippen LogP contribution in [0.1, 0.15) is 6.42 Å². The Kier molecular flexibility index (Phi) is 5.12. The van der Waals surface area contributed by atoms with E-state index in [4.69, 9.17) is 10.2 Å². The van der Waals surface area contributed by atoms with E-state index in [0.717, 1.165) is 0 Å². The number of amides is 2. The maximum absolute atomic E-state index is 11.6. The van der Waals surface area contributed by atoms with Gasteiger partial charge in [-0.25, -0.2) is 4.79 Å². The predicted molar refractivity (Wildman–Crippen MR) is 63.2 cm³/mol. The summed E-state index contributed by atoms with van der Waals surface area (Å²) in [4.78, 5) is 23.5. The summed E-state index contributed by atoms with van der Waals surface area (Å²) in [5, 5.41) is 23.6. The summed E-state index contributed by atoms with van der Waals surface area (Å²) in [7, 11) is 1.60. The third-order valence-electron chi connectivity index (χ3n) is 2.18. The average molecular weight is 256 g/mol. The van der Waals surface area contributed by atoms with Gasteiger partial charge in [0.2, 0.25) is 0 Å². The summed E-state index contributed by atoms with van der Waals surface area (Å²) in [6, 6.07) is -0.335. The fourth-order valence-corrected chi connectivity index (χ4v) is 1.28. The number of aliphatic hydroxyl groups is 1. The number of nitrogens with one attached hydrogen (secondary N) is 1. The Hall–Kier alpha value is -2.09. The summed E-state index contributed by atoms with van der Waals surface area (Å²) in [6.07, 6.45) is 3.31. The molecule has 0 saturated carbocycles. The zero-order valence-corrected chi connectivity index (χ0v) is 10.0. The maximum Gasteiger partial charge on any atom is 0.325 e. The number of anilines is 1. The zero-order valence-electron chi connectivity index (χ0n) is 10.0. The van der Waals surface area contributed by atoms with Crippen LogP contribution in [0.15, 0.2) is 12.4 Å².